The van der Waals surface area contributed by atoms with Crippen LogP contribution >= 0.6 is 11.6 Å². The molecule has 1 aliphatic rings. The van der Waals surface area contributed by atoms with E-state index in [1.165, 1.54) is 12.8 Å². The lowest BCUT2D eigenvalue weighted by molar-refractivity contribution is -0.118. The maximum absolute atomic E-state index is 11.0. The summed E-state index contributed by atoms with van der Waals surface area (Å²) in [5.41, 5.74) is 0. The lowest BCUT2D eigenvalue weighted by Crippen LogP contribution is -2.23. The predicted octanol–water partition coefficient (Wildman–Crippen LogP) is 2.20. The van der Waals surface area contributed by atoms with Gasteiger partial charge in [0.15, 0.2) is 0 Å². The lowest BCUT2D eigenvalue weighted by atomic mass is 9.93. The fraction of sp³-hybridized carbons (Fsp3) is 0.889. The molecule has 1 atom stereocenters. The number of carbonyl (C=O) groups is 1. The first-order valence-corrected chi connectivity index (χ1v) is 4.81. The normalized spacial score (nSPS) is 21.2. The minimum atomic E-state index is -0.233. The average molecular weight is 191 g/mol. The van der Waals surface area contributed by atoms with Crippen molar-refractivity contribution in [1.29, 1.82) is 0 Å². The van der Waals surface area contributed by atoms with E-state index in [1.807, 2.05) is 0 Å². The summed E-state index contributed by atoms with van der Waals surface area (Å²) in [4.78, 5) is 11.0. The van der Waals surface area contributed by atoms with Crippen LogP contribution in [0.4, 0.5) is 0 Å². The summed E-state index contributed by atoms with van der Waals surface area (Å²) in [5.74, 6) is 0.397. The molecule has 12 heavy (non-hydrogen) atoms. The SMILES string of the molecule is COCC(C(=O)Cl)C1CCCC1. The van der Waals surface area contributed by atoms with Crippen molar-refractivity contribution in [3.63, 3.8) is 0 Å². The summed E-state index contributed by atoms with van der Waals surface area (Å²) in [6.07, 6.45) is 4.73. The largest absolute Gasteiger partial charge is 0.384 e. The van der Waals surface area contributed by atoms with Crippen LogP contribution in [0.15, 0.2) is 0 Å². The Balaban J connectivity index is 2.45. The van der Waals surface area contributed by atoms with E-state index in [2.05, 4.69) is 0 Å². The Kier molecular flexibility index (Phi) is 4.02. The molecule has 0 radical (unpaired) electrons. The zero-order chi connectivity index (χ0) is 8.97. The second-order valence-electron chi connectivity index (χ2n) is 3.41. The minimum Gasteiger partial charge on any atom is -0.384 e. The Morgan fingerprint density at radius 2 is 2.17 bits per heavy atom. The van der Waals surface area contributed by atoms with Gasteiger partial charge in [0.2, 0.25) is 5.24 Å². The summed E-state index contributed by atoms with van der Waals surface area (Å²) in [6.45, 7) is 0.479. The maximum Gasteiger partial charge on any atom is 0.227 e. The smallest absolute Gasteiger partial charge is 0.227 e. The van der Waals surface area contributed by atoms with Crippen LogP contribution in [-0.4, -0.2) is 19.0 Å². The number of methoxy groups -OCH3 is 1. The molecule has 0 saturated heterocycles. The number of hydrogen-bond acceptors (Lipinski definition) is 2. The predicted molar refractivity (Wildman–Crippen MR) is 48.2 cm³/mol. The Morgan fingerprint density at radius 3 is 2.58 bits per heavy atom. The Bertz CT molecular complexity index is 153. The standard InChI is InChI=1S/C9H15ClO2/c1-12-6-8(9(10)11)7-4-2-3-5-7/h7-8H,2-6H2,1H3. The van der Waals surface area contributed by atoms with E-state index in [-0.39, 0.29) is 11.2 Å². The van der Waals surface area contributed by atoms with Gasteiger partial charge in [-0.25, -0.2) is 0 Å². The molecule has 2 nitrogen and oxygen atoms in total. The Morgan fingerprint density at radius 1 is 1.58 bits per heavy atom. The molecule has 0 aromatic carbocycles. The highest BCUT2D eigenvalue weighted by Crippen LogP contribution is 2.32. The van der Waals surface area contributed by atoms with Crippen LogP contribution in [0.5, 0.6) is 0 Å². The van der Waals surface area contributed by atoms with E-state index < -0.39 is 0 Å². The number of carbonyl (C=O) groups excluding carboxylic acids is 1. The minimum absolute atomic E-state index is 0.0702. The molecule has 70 valence electrons. The van der Waals surface area contributed by atoms with Crippen molar-refractivity contribution in [2.75, 3.05) is 13.7 Å². The van der Waals surface area contributed by atoms with Gasteiger partial charge < -0.3 is 4.74 Å². The molecule has 1 aliphatic carbocycles. The number of ether oxygens (including phenoxy) is 1. The van der Waals surface area contributed by atoms with Gasteiger partial charge in [-0.05, 0) is 30.4 Å². The van der Waals surface area contributed by atoms with E-state index in [9.17, 15) is 4.79 Å². The first-order valence-electron chi connectivity index (χ1n) is 4.44. The third-order valence-corrected chi connectivity index (χ3v) is 2.89. The monoisotopic (exact) mass is 190 g/mol. The van der Waals surface area contributed by atoms with Crippen molar-refractivity contribution in [3.05, 3.63) is 0 Å². The summed E-state index contributed by atoms with van der Waals surface area (Å²) in [5, 5.41) is -0.233. The fourth-order valence-corrected chi connectivity index (χ4v) is 2.17. The summed E-state index contributed by atoms with van der Waals surface area (Å²) < 4.78 is 4.97. The van der Waals surface area contributed by atoms with Gasteiger partial charge in [0.1, 0.15) is 0 Å². The molecule has 0 heterocycles. The van der Waals surface area contributed by atoms with Crippen LogP contribution in [-0.2, 0) is 9.53 Å². The van der Waals surface area contributed by atoms with Gasteiger partial charge in [0, 0.05) is 7.11 Å². The molecular formula is C9H15ClO2. The first kappa shape index (κ1) is 10.0. The quantitative estimate of drug-likeness (QED) is 0.636. The maximum atomic E-state index is 11.0. The molecule has 0 aromatic heterocycles. The van der Waals surface area contributed by atoms with Crippen molar-refractivity contribution in [3.8, 4) is 0 Å². The third kappa shape index (κ3) is 2.46. The van der Waals surface area contributed by atoms with Crippen LogP contribution in [0, 0.1) is 11.8 Å². The van der Waals surface area contributed by atoms with Crippen LogP contribution in [0.2, 0.25) is 0 Å². The highest BCUT2D eigenvalue weighted by Gasteiger charge is 2.29. The highest BCUT2D eigenvalue weighted by molar-refractivity contribution is 6.64. The third-order valence-electron chi connectivity index (χ3n) is 2.61. The van der Waals surface area contributed by atoms with Gasteiger partial charge in [0.05, 0.1) is 12.5 Å². The molecular weight excluding hydrogens is 176 g/mol. The van der Waals surface area contributed by atoms with E-state index in [0.717, 1.165) is 12.8 Å². The van der Waals surface area contributed by atoms with Gasteiger partial charge in [0.25, 0.3) is 0 Å². The van der Waals surface area contributed by atoms with Gasteiger partial charge in [-0.2, -0.15) is 0 Å². The van der Waals surface area contributed by atoms with Gasteiger partial charge >= 0.3 is 0 Å². The lowest BCUT2D eigenvalue weighted by Gasteiger charge is -2.17. The molecule has 1 fully saturated rings. The van der Waals surface area contributed by atoms with Gasteiger partial charge in [-0.3, -0.25) is 4.79 Å². The van der Waals surface area contributed by atoms with E-state index in [0.29, 0.717) is 12.5 Å². The average Bonchev–Trinajstić information content (AvgIpc) is 2.51. The van der Waals surface area contributed by atoms with Crippen molar-refractivity contribution < 1.29 is 9.53 Å². The summed E-state index contributed by atoms with van der Waals surface area (Å²) in [7, 11) is 1.61. The van der Waals surface area contributed by atoms with Crippen molar-refractivity contribution in [2.45, 2.75) is 25.7 Å². The van der Waals surface area contributed by atoms with Crippen LogP contribution in [0.1, 0.15) is 25.7 Å². The molecule has 3 heteroatoms. The summed E-state index contributed by atoms with van der Waals surface area (Å²) >= 11 is 5.48. The Labute approximate surface area is 78.2 Å². The second-order valence-corrected chi connectivity index (χ2v) is 3.78. The zero-order valence-electron chi connectivity index (χ0n) is 7.38. The fourth-order valence-electron chi connectivity index (χ4n) is 1.93. The summed E-state index contributed by atoms with van der Waals surface area (Å²) in [6, 6.07) is 0. The molecule has 1 saturated carbocycles. The number of hydrogen-bond donors (Lipinski definition) is 0. The first-order chi connectivity index (χ1) is 5.75. The van der Waals surface area contributed by atoms with Crippen molar-refractivity contribution >= 4 is 16.8 Å². The molecule has 0 amide bonds. The van der Waals surface area contributed by atoms with Crippen molar-refractivity contribution in [2.24, 2.45) is 11.8 Å². The van der Waals surface area contributed by atoms with E-state index >= 15 is 0 Å². The van der Waals surface area contributed by atoms with Crippen LogP contribution in [0.3, 0.4) is 0 Å². The van der Waals surface area contributed by atoms with Gasteiger partial charge in [-0.15, -0.1) is 0 Å². The highest BCUT2D eigenvalue weighted by atomic mass is 35.5. The van der Waals surface area contributed by atoms with Crippen molar-refractivity contribution in [1.82, 2.24) is 0 Å². The van der Waals surface area contributed by atoms with Crippen LogP contribution in [0.25, 0.3) is 0 Å². The molecule has 1 rings (SSSR count). The van der Waals surface area contributed by atoms with E-state index in [4.69, 9.17) is 16.3 Å². The van der Waals surface area contributed by atoms with Gasteiger partial charge in [-0.1, -0.05) is 12.8 Å². The molecule has 0 N–H and O–H groups in total. The number of rotatable bonds is 4. The van der Waals surface area contributed by atoms with Crippen LogP contribution < -0.4 is 0 Å². The molecule has 0 aromatic rings. The molecule has 0 bridgehead atoms. The Hall–Kier alpha value is -0.0800. The van der Waals surface area contributed by atoms with E-state index in [1.54, 1.807) is 7.11 Å². The zero-order valence-corrected chi connectivity index (χ0v) is 8.14. The molecule has 0 spiro atoms. The number of halogens is 1. The molecule has 1 unspecified atom stereocenters. The topological polar surface area (TPSA) is 26.3 Å². The molecule has 0 aliphatic heterocycles. The second kappa shape index (κ2) is 4.83.